The van der Waals surface area contributed by atoms with Gasteiger partial charge in [0.2, 0.25) is 0 Å². The highest BCUT2D eigenvalue weighted by Crippen LogP contribution is 2.54. The summed E-state index contributed by atoms with van der Waals surface area (Å²) in [5, 5.41) is 3.59. The van der Waals surface area contributed by atoms with Crippen LogP contribution in [-0.4, -0.2) is 13.1 Å². The Hall–Kier alpha value is -0.820. The molecule has 1 nitrogen and oxygen atoms in total. The van der Waals surface area contributed by atoms with Gasteiger partial charge in [0, 0.05) is 6.04 Å². The first kappa shape index (κ1) is 12.2. The molecule has 1 aromatic rings. The molecule has 1 aromatic carbocycles. The summed E-state index contributed by atoms with van der Waals surface area (Å²) in [5.41, 5.74) is 1.57. The predicted octanol–water partition coefficient (Wildman–Crippen LogP) is 3.96. The third-order valence-corrected chi connectivity index (χ3v) is 5.06. The van der Waals surface area contributed by atoms with Gasteiger partial charge in [0.25, 0.3) is 0 Å². The van der Waals surface area contributed by atoms with Gasteiger partial charge in [-0.3, -0.25) is 0 Å². The van der Waals surface area contributed by atoms with Crippen molar-refractivity contribution in [1.82, 2.24) is 5.32 Å². The van der Waals surface area contributed by atoms with Crippen LogP contribution in [0.4, 0.5) is 0 Å². The quantitative estimate of drug-likeness (QED) is 0.792. The highest BCUT2D eigenvalue weighted by atomic mass is 14.9. The van der Waals surface area contributed by atoms with Gasteiger partial charge in [0.05, 0.1) is 0 Å². The lowest BCUT2D eigenvalue weighted by molar-refractivity contribution is 0.311. The molecule has 0 saturated heterocycles. The lowest BCUT2D eigenvalue weighted by Gasteiger charge is -2.25. The molecule has 98 valence electrons. The number of rotatable bonds is 3. The van der Waals surface area contributed by atoms with Gasteiger partial charge >= 0.3 is 0 Å². The fraction of sp³-hybridized carbons (Fsp3) is 0.647. The van der Waals surface area contributed by atoms with E-state index in [4.69, 9.17) is 0 Å². The van der Waals surface area contributed by atoms with E-state index in [-0.39, 0.29) is 0 Å². The van der Waals surface area contributed by atoms with Gasteiger partial charge in [-0.1, -0.05) is 49.6 Å². The molecular formula is C17H25N. The topological polar surface area (TPSA) is 12.0 Å². The minimum Gasteiger partial charge on any atom is -0.317 e. The standard InChI is InChI=1S/C17H25N/c1-18-17-11-7-3-6-10-14(17)16-12-15(16)13-8-4-2-5-9-13/h2,4-5,8-9,14-18H,3,6-7,10-12H2,1H3. The van der Waals surface area contributed by atoms with Crippen LogP contribution in [0.25, 0.3) is 0 Å². The van der Waals surface area contributed by atoms with E-state index in [2.05, 4.69) is 42.7 Å². The van der Waals surface area contributed by atoms with Crippen LogP contribution in [0.2, 0.25) is 0 Å². The van der Waals surface area contributed by atoms with Crippen LogP contribution < -0.4 is 5.32 Å². The zero-order valence-corrected chi connectivity index (χ0v) is 11.4. The second kappa shape index (κ2) is 5.44. The van der Waals surface area contributed by atoms with Crippen molar-refractivity contribution in [1.29, 1.82) is 0 Å². The predicted molar refractivity (Wildman–Crippen MR) is 76.7 cm³/mol. The molecule has 2 aliphatic carbocycles. The summed E-state index contributed by atoms with van der Waals surface area (Å²) in [4.78, 5) is 0. The maximum absolute atomic E-state index is 3.59. The molecule has 2 fully saturated rings. The molecule has 0 heterocycles. The molecule has 2 saturated carbocycles. The molecular weight excluding hydrogens is 218 g/mol. The molecule has 0 bridgehead atoms. The Morgan fingerprint density at radius 1 is 0.944 bits per heavy atom. The smallest absolute Gasteiger partial charge is 0.00951 e. The summed E-state index contributed by atoms with van der Waals surface area (Å²) in [7, 11) is 2.16. The normalized spacial score (nSPS) is 36.1. The summed E-state index contributed by atoms with van der Waals surface area (Å²) in [5.74, 6) is 2.72. The van der Waals surface area contributed by atoms with Crippen LogP contribution in [0.3, 0.4) is 0 Å². The lowest BCUT2D eigenvalue weighted by atomic mass is 9.88. The number of benzene rings is 1. The second-order valence-electron chi connectivity index (χ2n) is 6.11. The van der Waals surface area contributed by atoms with E-state index in [1.54, 1.807) is 5.56 Å². The van der Waals surface area contributed by atoms with Gasteiger partial charge in [-0.25, -0.2) is 0 Å². The molecule has 2 aliphatic rings. The average molecular weight is 243 g/mol. The van der Waals surface area contributed by atoms with Crippen LogP contribution in [0, 0.1) is 11.8 Å². The van der Waals surface area contributed by atoms with E-state index < -0.39 is 0 Å². The number of hydrogen-bond donors (Lipinski definition) is 1. The highest BCUT2D eigenvalue weighted by Gasteiger charge is 2.45. The van der Waals surface area contributed by atoms with Crippen molar-refractivity contribution in [2.24, 2.45) is 11.8 Å². The van der Waals surface area contributed by atoms with Crippen molar-refractivity contribution in [2.75, 3.05) is 7.05 Å². The first-order chi connectivity index (χ1) is 8.90. The Labute approximate surface area is 111 Å². The van der Waals surface area contributed by atoms with Gasteiger partial charge in [-0.2, -0.15) is 0 Å². The Bertz CT molecular complexity index is 372. The van der Waals surface area contributed by atoms with Gasteiger partial charge in [0.1, 0.15) is 0 Å². The molecule has 0 amide bonds. The van der Waals surface area contributed by atoms with E-state index in [9.17, 15) is 0 Å². The van der Waals surface area contributed by atoms with Crippen molar-refractivity contribution in [3.05, 3.63) is 35.9 Å². The van der Waals surface area contributed by atoms with E-state index in [0.29, 0.717) is 0 Å². The summed E-state index contributed by atoms with van der Waals surface area (Å²) >= 11 is 0. The van der Waals surface area contributed by atoms with Crippen LogP contribution >= 0.6 is 0 Å². The van der Waals surface area contributed by atoms with Gasteiger partial charge in [-0.05, 0) is 49.6 Å². The van der Waals surface area contributed by atoms with E-state index in [1.165, 1.54) is 38.5 Å². The Morgan fingerprint density at radius 3 is 2.50 bits per heavy atom. The Balaban J connectivity index is 1.68. The zero-order chi connectivity index (χ0) is 12.4. The molecule has 1 heteroatoms. The van der Waals surface area contributed by atoms with E-state index in [0.717, 1.165) is 23.8 Å². The second-order valence-corrected chi connectivity index (χ2v) is 6.11. The largest absolute Gasteiger partial charge is 0.317 e. The molecule has 0 spiro atoms. The summed E-state index contributed by atoms with van der Waals surface area (Å²) in [6.07, 6.45) is 8.56. The van der Waals surface area contributed by atoms with Crippen molar-refractivity contribution in [2.45, 2.75) is 50.5 Å². The van der Waals surface area contributed by atoms with Crippen LogP contribution in [-0.2, 0) is 0 Å². The lowest BCUT2D eigenvalue weighted by Crippen LogP contribution is -2.34. The molecule has 1 N–H and O–H groups in total. The summed E-state index contributed by atoms with van der Waals surface area (Å²) in [6, 6.07) is 11.9. The number of nitrogens with one attached hydrogen (secondary N) is 1. The molecule has 0 radical (unpaired) electrons. The zero-order valence-electron chi connectivity index (χ0n) is 11.4. The summed E-state index contributed by atoms with van der Waals surface area (Å²) in [6.45, 7) is 0. The minimum absolute atomic E-state index is 0.770. The molecule has 0 aliphatic heterocycles. The van der Waals surface area contributed by atoms with Crippen molar-refractivity contribution in [3.8, 4) is 0 Å². The van der Waals surface area contributed by atoms with Crippen molar-refractivity contribution in [3.63, 3.8) is 0 Å². The fourth-order valence-electron chi connectivity index (χ4n) is 3.98. The van der Waals surface area contributed by atoms with Crippen LogP contribution in [0.1, 0.15) is 50.0 Å². The first-order valence-corrected chi connectivity index (χ1v) is 7.62. The monoisotopic (exact) mass is 243 g/mol. The van der Waals surface area contributed by atoms with Crippen LogP contribution in [0.15, 0.2) is 30.3 Å². The maximum Gasteiger partial charge on any atom is 0.00951 e. The Morgan fingerprint density at radius 2 is 1.72 bits per heavy atom. The van der Waals surface area contributed by atoms with Gasteiger partial charge in [0.15, 0.2) is 0 Å². The SMILES string of the molecule is CNC1CCCCCC1C1CC1c1ccccc1. The van der Waals surface area contributed by atoms with Gasteiger partial charge in [-0.15, -0.1) is 0 Å². The van der Waals surface area contributed by atoms with E-state index in [1.807, 2.05) is 0 Å². The van der Waals surface area contributed by atoms with Crippen LogP contribution in [0.5, 0.6) is 0 Å². The first-order valence-electron chi connectivity index (χ1n) is 7.62. The van der Waals surface area contributed by atoms with Gasteiger partial charge < -0.3 is 5.32 Å². The molecule has 3 rings (SSSR count). The molecule has 0 aromatic heterocycles. The summed E-state index contributed by atoms with van der Waals surface area (Å²) < 4.78 is 0. The molecule has 4 atom stereocenters. The third-order valence-electron chi connectivity index (χ3n) is 5.06. The average Bonchev–Trinajstić information content (AvgIpc) is 3.22. The number of hydrogen-bond acceptors (Lipinski definition) is 1. The molecule has 18 heavy (non-hydrogen) atoms. The van der Waals surface area contributed by atoms with Crippen molar-refractivity contribution >= 4 is 0 Å². The Kier molecular flexibility index (Phi) is 3.69. The van der Waals surface area contributed by atoms with E-state index >= 15 is 0 Å². The van der Waals surface area contributed by atoms with Crippen molar-refractivity contribution < 1.29 is 0 Å². The minimum atomic E-state index is 0.770. The fourth-order valence-corrected chi connectivity index (χ4v) is 3.98. The maximum atomic E-state index is 3.59. The third kappa shape index (κ3) is 2.47. The highest BCUT2D eigenvalue weighted by molar-refractivity contribution is 5.26. The molecule has 4 unspecified atom stereocenters.